The van der Waals surface area contributed by atoms with Crippen LogP contribution in [0.1, 0.15) is 43.5 Å². The molecule has 0 amide bonds. The topological polar surface area (TPSA) is 42.2 Å². The number of rotatable bonds is 3. The molecular weight excluding hydrogens is 214 g/mol. The van der Waals surface area contributed by atoms with Crippen LogP contribution in [0.15, 0.2) is 12.1 Å². The van der Waals surface area contributed by atoms with Crippen molar-refractivity contribution in [1.82, 2.24) is 4.57 Å². The number of aryl methyl sites for hydroxylation is 2. The summed E-state index contributed by atoms with van der Waals surface area (Å²) in [6, 6.07) is 4.13. The SMILES string of the molecule is Cc1ccc(C)n1CC1(C(=O)O)CCCCC1. The normalized spacial score (nSPS) is 19.2. The Morgan fingerprint density at radius 1 is 1.24 bits per heavy atom. The van der Waals surface area contributed by atoms with E-state index in [2.05, 4.69) is 16.7 Å². The van der Waals surface area contributed by atoms with Gasteiger partial charge < -0.3 is 9.67 Å². The van der Waals surface area contributed by atoms with Gasteiger partial charge in [-0.05, 0) is 38.8 Å². The molecule has 1 aliphatic carbocycles. The van der Waals surface area contributed by atoms with Crippen LogP contribution in [-0.2, 0) is 11.3 Å². The highest BCUT2D eigenvalue weighted by molar-refractivity contribution is 5.74. The van der Waals surface area contributed by atoms with Crippen molar-refractivity contribution in [2.75, 3.05) is 0 Å². The third-order valence-corrected chi connectivity index (χ3v) is 4.14. The van der Waals surface area contributed by atoms with Crippen molar-refractivity contribution in [1.29, 1.82) is 0 Å². The minimum absolute atomic E-state index is 0.535. The number of hydrogen-bond acceptors (Lipinski definition) is 1. The van der Waals surface area contributed by atoms with Gasteiger partial charge in [0.2, 0.25) is 0 Å². The highest BCUT2D eigenvalue weighted by Crippen LogP contribution is 2.38. The van der Waals surface area contributed by atoms with Crippen LogP contribution in [0.3, 0.4) is 0 Å². The zero-order valence-electron chi connectivity index (χ0n) is 10.7. The Balaban J connectivity index is 2.27. The minimum Gasteiger partial charge on any atom is -0.481 e. The van der Waals surface area contributed by atoms with Gasteiger partial charge in [-0.3, -0.25) is 4.79 Å². The fourth-order valence-corrected chi connectivity index (χ4v) is 2.92. The third-order valence-electron chi connectivity index (χ3n) is 4.14. The summed E-state index contributed by atoms with van der Waals surface area (Å²) in [5, 5.41) is 9.56. The van der Waals surface area contributed by atoms with Crippen molar-refractivity contribution >= 4 is 5.97 Å². The third kappa shape index (κ3) is 2.24. The summed E-state index contributed by atoms with van der Waals surface area (Å²) in [6.07, 6.45) is 4.91. The lowest BCUT2D eigenvalue weighted by atomic mass is 9.74. The first kappa shape index (κ1) is 12.2. The monoisotopic (exact) mass is 235 g/mol. The fourth-order valence-electron chi connectivity index (χ4n) is 2.92. The maximum Gasteiger partial charge on any atom is 0.311 e. The highest BCUT2D eigenvalue weighted by atomic mass is 16.4. The van der Waals surface area contributed by atoms with E-state index in [4.69, 9.17) is 0 Å². The van der Waals surface area contributed by atoms with Crippen LogP contribution in [0.4, 0.5) is 0 Å². The number of hydrogen-bond donors (Lipinski definition) is 1. The molecule has 1 aliphatic rings. The van der Waals surface area contributed by atoms with E-state index in [1.807, 2.05) is 13.8 Å². The van der Waals surface area contributed by atoms with Gasteiger partial charge >= 0.3 is 5.97 Å². The van der Waals surface area contributed by atoms with Crippen LogP contribution in [0, 0.1) is 19.3 Å². The molecule has 1 fully saturated rings. The first-order chi connectivity index (χ1) is 8.05. The molecule has 2 rings (SSSR count). The summed E-state index contributed by atoms with van der Waals surface area (Å²) in [4.78, 5) is 11.6. The average molecular weight is 235 g/mol. The lowest BCUT2D eigenvalue weighted by Gasteiger charge is -2.34. The second kappa shape index (κ2) is 4.55. The summed E-state index contributed by atoms with van der Waals surface area (Å²) in [5.74, 6) is -0.621. The number of carbonyl (C=O) groups is 1. The summed E-state index contributed by atoms with van der Waals surface area (Å²) in [7, 11) is 0. The van der Waals surface area contributed by atoms with Gasteiger partial charge in [-0.15, -0.1) is 0 Å². The van der Waals surface area contributed by atoms with Gasteiger partial charge in [-0.25, -0.2) is 0 Å². The summed E-state index contributed by atoms with van der Waals surface area (Å²) < 4.78 is 2.15. The van der Waals surface area contributed by atoms with Crippen LogP contribution in [0.5, 0.6) is 0 Å². The summed E-state index contributed by atoms with van der Waals surface area (Å²) in [5.41, 5.74) is 1.79. The van der Waals surface area contributed by atoms with Crippen molar-refractivity contribution in [2.45, 2.75) is 52.5 Å². The van der Waals surface area contributed by atoms with Crippen LogP contribution in [0.2, 0.25) is 0 Å². The van der Waals surface area contributed by atoms with Gasteiger partial charge in [0, 0.05) is 17.9 Å². The number of carboxylic acid groups (broad SMARTS) is 1. The largest absolute Gasteiger partial charge is 0.481 e. The van der Waals surface area contributed by atoms with E-state index in [0.29, 0.717) is 6.54 Å². The van der Waals surface area contributed by atoms with E-state index in [1.165, 1.54) is 6.42 Å². The van der Waals surface area contributed by atoms with E-state index < -0.39 is 11.4 Å². The van der Waals surface area contributed by atoms with E-state index >= 15 is 0 Å². The number of carboxylic acids is 1. The van der Waals surface area contributed by atoms with Gasteiger partial charge in [0.1, 0.15) is 0 Å². The van der Waals surface area contributed by atoms with Gasteiger partial charge in [-0.1, -0.05) is 19.3 Å². The van der Waals surface area contributed by atoms with Crippen molar-refractivity contribution in [3.63, 3.8) is 0 Å². The number of aliphatic carboxylic acids is 1. The van der Waals surface area contributed by atoms with Crippen molar-refractivity contribution in [2.24, 2.45) is 5.41 Å². The molecule has 0 unspecified atom stereocenters. The molecule has 94 valence electrons. The Labute approximate surface area is 102 Å². The molecule has 0 radical (unpaired) electrons. The minimum atomic E-state index is -0.621. The van der Waals surface area contributed by atoms with Crippen molar-refractivity contribution in [3.05, 3.63) is 23.5 Å². The second-order valence-electron chi connectivity index (χ2n) is 5.35. The average Bonchev–Trinajstić information content (AvgIpc) is 2.62. The first-order valence-electron chi connectivity index (χ1n) is 6.41. The molecule has 1 saturated carbocycles. The Morgan fingerprint density at radius 3 is 2.24 bits per heavy atom. The molecule has 1 heterocycles. The van der Waals surface area contributed by atoms with Gasteiger partial charge in [0.05, 0.1) is 5.41 Å². The van der Waals surface area contributed by atoms with E-state index in [9.17, 15) is 9.90 Å². The molecule has 0 aliphatic heterocycles. The molecule has 3 nitrogen and oxygen atoms in total. The van der Waals surface area contributed by atoms with E-state index in [-0.39, 0.29) is 0 Å². The molecule has 1 N–H and O–H groups in total. The Bertz CT molecular complexity index is 394. The fraction of sp³-hybridized carbons (Fsp3) is 0.643. The molecule has 3 heteroatoms. The van der Waals surface area contributed by atoms with Gasteiger partial charge in [0.15, 0.2) is 0 Å². The number of aromatic nitrogens is 1. The zero-order valence-corrected chi connectivity index (χ0v) is 10.7. The first-order valence-corrected chi connectivity index (χ1v) is 6.41. The molecule has 1 aromatic rings. The second-order valence-corrected chi connectivity index (χ2v) is 5.35. The standard InChI is InChI=1S/C14H21NO2/c1-11-6-7-12(2)15(11)10-14(13(16)17)8-4-3-5-9-14/h6-7H,3-5,8-10H2,1-2H3,(H,16,17). The predicted molar refractivity (Wildman–Crippen MR) is 67.1 cm³/mol. The molecule has 17 heavy (non-hydrogen) atoms. The summed E-state index contributed by atoms with van der Waals surface area (Å²) >= 11 is 0. The molecule has 0 spiro atoms. The van der Waals surface area contributed by atoms with Crippen LogP contribution in [-0.4, -0.2) is 15.6 Å². The van der Waals surface area contributed by atoms with Crippen molar-refractivity contribution < 1.29 is 9.90 Å². The molecule has 0 saturated heterocycles. The Hall–Kier alpha value is -1.25. The lowest BCUT2D eigenvalue weighted by Crippen LogP contribution is -2.38. The van der Waals surface area contributed by atoms with Gasteiger partial charge in [-0.2, -0.15) is 0 Å². The van der Waals surface area contributed by atoms with Crippen LogP contribution in [0.25, 0.3) is 0 Å². The number of nitrogens with zero attached hydrogens (tertiary/aromatic N) is 1. The predicted octanol–water partition coefficient (Wildman–Crippen LogP) is 3.14. The maximum absolute atomic E-state index is 11.6. The van der Waals surface area contributed by atoms with Crippen LogP contribution < -0.4 is 0 Å². The quantitative estimate of drug-likeness (QED) is 0.874. The van der Waals surface area contributed by atoms with E-state index in [0.717, 1.165) is 37.1 Å². The maximum atomic E-state index is 11.6. The molecule has 0 bridgehead atoms. The zero-order chi connectivity index (χ0) is 12.5. The van der Waals surface area contributed by atoms with Gasteiger partial charge in [0.25, 0.3) is 0 Å². The molecule has 1 aromatic heterocycles. The van der Waals surface area contributed by atoms with E-state index in [1.54, 1.807) is 0 Å². The summed E-state index contributed by atoms with van der Waals surface area (Å²) in [6.45, 7) is 4.73. The smallest absolute Gasteiger partial charge is 0.311 e. The molecular formula is C14H21NO2. The Kier molecular flexibility index (Phi) is 3.27. The van der Waals surface area contributed by atoms with Crippen LogP contribution >= 0.6 is 0 Å². The molecule has 0 aromatic carbocycles. The van der Waals surface area contributed by atoms with Crippen molar-refractivity contribution in [3.8, 4) is 0 Å². The lowest BCUT2D eigenvalue weighted by molar-refractivity contribution is -0.152. The molecule has 0 atom stereocenters. The highest BCUT2D eigenvalue weighted by Gasteiger charge is 2.40. The Morgan fingerprint density at radius 2 is 1.76 bits per heavy atom.